The number of nitrogens with one attached hydrogen (secondary N) is 1. The summed E-state index contributed by atoms with van der Waals surface area (Å²) in [7, 11) is 0. The average Bonchev–Trinajstić information content (AvgIpc) is 2.50. The van der Waals surface area contributed by atoms with Crippen molar-refractivity contribution >= 4 is 23.6 Å². The first kappa shape index (κ1) is 15.1. The van der Waals surface area contributed by atoms with Crippen LogP contribution in [0.5, 0.6) is 5.75 Å². The highest BCUT2D eigenvalue weighted by molar-refractivity contribution is 6.30. The Labute approximate surface area is 128 Å². The summed E-state index contributed by atoms with van der Waals surface area (Å²) >= 11 is 5.83. The van der Waals surface area contributed by atoms with E-state index in [0.29, 0.717) is 10.8 Å². The maximum absolute atomic E-state index is 11.8. The molecule has 1 amide bonds. The van der Waals surface area contributed by atoms with Gasteiger partial charge >= 0.3 is 5.91 Å². The molecule has 2 aromatic carbocycles. The third-order valence-electron chi connectivity index (χ3n) is 2.77. The lowest BCUT2D eigenvalue weighted by molar-refractivity contribution is -0.119. The minimum atomic E-state index is -0.509. The molecule has 0 fully saturated rings. The summed E-state index contributed by atoms with van der Waals surface area (Å²) < 4.78 is 5.59. The SMILES string of the molecule is Cc1ccc(O/C(=C\c2ccc(Cl)cc2)C(=O)NN)cc1. The summed E-state index contributed by atoms with van der Waals surface area (Å²) in [5.74, 6) is 5.34. The zero-order valence-electron chi connectivity index (χ0n) is 11.5. The van der Waals surface area contributed by atoms with Gasteiger partial charge in [-0.1, -0.05) is 41.4 Å². The van der Waals surface area contributed by atoms with Crippen LogP contribution >= 0.6 is 11.6 Å². The van der Waals surface area contributed by atoms with Crippen molar-refractivity contribution in [3.05, 3.63) is 70.4 Å². The van der Waals surface area contributed by atoms with Gasteiger partial charge in [0.2, 0.25) is 0 Å². The highest BCUT2D eigenvalue weighted by Crippen LogP contribution is 2.18. The van der Waals surface area contributed by atoms with E-state index in [4.69, 9.17) is 22.2 Å². The Bertz CT molecular complexity index is 649. The van der Waals surface area contributed by atoms with Gasteiger partial charge in [-0.15, -0.1) is 0 Å². The summed E-state index contributed by atoms with van der Waals surface area (Å²) in [6, 6.07) is 14.4. The molecule has 2 rings (SSSR count). The standard InChI is InChI=1S/C16H15ClN2O2/c1-11-2-8-14(9-3-11)21-15(16(20)19-18)10-12-4-6-13(17)7-5-12/h2-10H,18H2,1H3,(H,19,20)/b15-10-. The fourth-order valence-electron chi connectivity index (χ4n) is 1.66. The van der Waals surface area contributed by atoms with Crippen LogP contribution in [0.3, 0.4) is 0 Å². The number of hydrogen-bond donors (Lipinski definition) is 2. The molecule has 0 aliphatic rings. The highest BCUT2D eigenvalue weighted by Gasteiger charge is 2.11. The molecule has 4 nitrogen and oxygen atoms in total. The number of halogens is 1. The molecule has 21 heavy (non-hydrogen) atoms. The Morgan fingerprint density at radius 3 is 2.33 bits per heavy atom. The Morgan fingerprint density at radius 2 is 1.76 bits per heavy atom. The third-order valence-corrected chi connectivity index (χ3v) is 3.02. The molecule has 0 heterocycles. The van der Waals surface area contributed by atoms with Gasteiger partial charge in [0.05, 0.1) is 0 Å². The zero-order valence-corrected chi connectivity index (χ0v) is 12.2. The number of carbonyl (C=O) groups excluding carboxylic acids is 1. The molecular weight excluding hydrogens is 288 g/mol. The third kappa shape index (κ3) is 4.34. The van der Waals surface area contributed by atoms with Gasteiger partial charge in [-0.3, -0.25) is 10.2 Å². The number of aryl methyl sites for hydroxylation is 1. The van der Waals surface area contributed by atoms with Crippen molar-refractivity contribution in [2.24, 2.45) is 5.84 Å². The van der Waals surface area contributed by atoms with Gasteiger partial charge in [0.15, 0.2) is 5.76 Å². The van der Waals surface area contributed by atoms with E-state index >= 15 is 0 Å². The predicted octanol–water partition coefficient (Wildman–Crippen LogP) is 3.06. The Morgan fingerprint density at radius 1 is 1.14 bits per heavy atom. The lowest BCUT2D eigenvalue weighted by atomic mass is 10.2. The molecular formula is C16H15ClN2O2. The van der Waals surface area contributed by atoms with E-state index in [-0.39, 0.29) is 5.76 Å². The number of rotatable bonds is 4. The summed E-state index contributed by atoms with van der Waals surface area (Å²) in [4.78, 5) is 11.8. The van der Waals surface area contributed by atoms with Gasteiger partial charge in [-0.25, -0.2) is 5.84 Å². The Balaban J connectivity index is 2.27. The number of hydrazine groups is 1. The number of hydrogen-bond acceptors (Lipinski definition) is 3. The first-order chi connectivity index (χ1) is 10.1. The van der Waals surface area contributed by atoms with E-state index in [2.05, 4.69) is 5.43 Å². The Hall–Kier alpha value is -2.30. The summed E-state index contributed by atoms with van der Waals surface area (Å²) in [6.45, 7) is 1.97. The van der Waals surface area contributed by atoms with Crippen LogP contribution in [-0.4, -0.2) is 5.91 Å². The van der Waals surface area contributed by atoms with Crippen molar-refractivity contribution in [1.29, 1.82) is 0 Å². The molecule has 0 aromatic heterocycles. The van der Waals surface area contributed by atoms with E-state index < -0.39 is 5.91 Å². The van der Waals surface area contributed by atoms with Crippen LogP contribution in [0.25, 0.3) is 6.08 Å². The second-order valence-corrected chi connectivity index (χ2v) is 4.89. The number of nitrogens with two attached hydrogens (primary N) is 1. The van der Waals surface area contributed by atoms with Crippen LogP contribution in [0.4, 0.5) is 0 Å². The second kappa shape index (κ2) is 6.92. The number of carbonyl (C=O) groups is 1. The fraction of sp³-hybridized carbons (Fsp3) is 0.0625. The van der Waals surface area contributed by atoms with Gasteiger partial charge in [-0.05, 0) is 42.8 Å². The molecule has 0 atom stereocenters. The van der Waals surface area contributed by atoms with Gasteiger partial charge in [0.25, 0.3) is 0 Å². The van der Waals surface area contributed by atoms with Crippen molar-refractivity contribution in [3.8, 4) is 5.75 Å². The van der Waals surface area contributed by atoms with Gasteiger partial charge in [-0.2, -0.15) is 0 Å². The largest absolute Gasteiger partial charge is 0.452 e. The van der Waals surface area contributed by atoms with Crippen LogP contribution in [-0.2, 0) is 4.79 Å². The molecule has 5 heteroatoms. The van der Waals surface area contributed by atoms with Gasteiger partial charge in [0, 0.05) is 5.02 Å². The fourth-order valence-corrected chi connectivity index (χ4v) is 1.78. The minimum Gasteiger partial charge on any atom is -0.452 e. The molecule has 2 aromatic rings. The maximum atomic E-state index is 11.8. The maximum Gasteiger partial charge on any atom is 0.300 e. The topological polar surface area (TPSA) is 64.3 Å². The molecule has 0 unspecified atom stereocenters. The normalized spacial score (nSPS) is 11.1. The highest BCUT2D eigenvalue weighted by atomic mass is 35.5. The lowest BCUT2D eigenvalue weighted by Gasteiger charge is -2.09. The van der Waals surface area contributed by atoms with E-state index in [0.717, 1.165) is 11.1 Å². The number of amides is 1. The number of benzene rings is 2. The first-order valence-electron chi connectivity index (χ1n) is 6.31. The summed E-state index contributed by atoms with van der Waals surface area (Å²) in [5.41, 5.74) is 3.96. The Kier molecular flexibility index (Phi) is 4.98. The molecule has 0 saturated carbocycles. The first-order valence-corrected chi connectivity index (χ1v) is 6.69. The van der Waals surface area contributed by atoms with E-state index in [9.17, 15) is 4.79 Å². The van der Waals surface area contributed by atoms with Crippen LogP contribution < -0.4 is 16.0 Å². The van der Waals surface area contributed by atoms with Crippen molar-refractivity contribution in [3.63, 3.8) is 0 Å². The molecule has 0 bridgehead atoms. The summed E-state index contributed by atoms with van der Waals surface area (Å²) in [5, 5.41) is 0.622. The summed E-state index contributed by atoms with van der Waals surface area (Å²) in [6.07, 6.45) is 1.60. The molecule has 0 aliphatic carbocycles. The molecule has 108 valence electrons. The molecule has 3 N–H and O–H groups in total. The smallest absolute Gasteiger partial charge is 0.300 e. The van der Waals surface area contributed by atoms with E-state index in [1.807, 2.05) is 19.1 Å². The quantitative estimate of drug-likeness (QED) is 0.300. The molecule has 0 aliphatic heterocycles. The van der Waals surface area contributed by atoms with Crippen molar-refractivity contribution in [2.75, 3.05) is 0 Å². The number of ether oxygens (including phenoxy) is 1. The van der Waals surface area contributed by atoms with E-state index in [1.165, 1.54) is 0 Å². The van der Waals surface area contributed by atoms with Crippen LogP contribution in [0.2, 0.25) is 5.02 Å². The van der Waals surface area contributed by atoms with Crippen molar-refractivity contribution in [2.45, 2.75) is 6.92 Å². The van der Waals surface area contributed by atoms with E-state index in [1.54, 1.807) is 42.5 Å². The molecule has 0 saturated heterocycles. The molecule has 0 radical (unpaired) electrons. The average molecular weight is 303 g/mol. The van der Waals surface area contributed by atoms with Crippen molar-refractivity contribution in [1.82, 2.24) is 5.43 Å². The second-order valence-electron chi connectivity index (χ2n) is 4.45. The molecule has 0 spiro atoms. The van der Waals surface area contributed by atoms with Crippen LogP contribution in [0, 0.1) is 6.92 Å². The van der Waals surface area contributed by atoms with Gasteiger partial charge < -0.3 is 4.74 Å². The van der Waals surface area contributed by atoms with Crippen LogP contribution in [0.15, 0.2) is 54.3 Å². The van der Waals surface area contributed by atoms with Gasteiger partial charge in [0.1, 0.15) is 5.75 Å². The zero-order chi connectivity index (χ0) is 15.2. The van der Waals surface area contributed by atoms with Crippen molar-refractivity contribution < 1.29 is 9.53 Å². The van der Waals surface area contributed by atoms with Crippen LogP contribution in [0.1, 0.15) is 11.1 Å². The predicted molar refractivity (Wildman–Crippen MR) is 83.6 cm³/mol. The minimum absolute atomic E-state index is 0.101. The monoisotopic (exact) mass is 302 g/mol. The lowest BCUT2D eigenvalue weighted by Crippen LogP contribution is -2.33.